The monoisotopic (exact) mass is 376 g/mol. The average molecular weight is 377 g/mol. The first-order valence-corrected chi connectivity index (χ1v) is 9.51. The third-order valence-electron chi connectivity index (χ3n) is 4.24. The lowest BCUT2D eigenvalue weighted by molar-refractivity contribution is 0.0941. The highest BCUT2D eigenvalue weighted by Crippen LogP contribution is 2.27. The molecule has 1 aliphatic rings. The second-order valence-corrected chi connectivity index (χ2v) is 7.28. The topological polar surface area (TPSA) is 72.8 Å². The Bertz CT molecular complexity index is 949. The predicted octanol–water partition coefficient (Wildman–Crippen LogP) is 3.24. The molecule has 130 valence electrons. The molecule has 0 bridgehead atoms. The fourth-order valence-electron chi connectivity index (χ4n) is 2.95. The number of hydrogen-bond donors (Lipinski definition) is 1. The lowest BCUT2D eigenvalue weighted by Crippen LogP contribution is -2.24. The molecule has 4 rings (SSSR count). The van der Waals surface area contributed by atoms with Gasteiger partial charge in [0.05, 0.1) is 18.2 Å². The molecule has 0 radical (unpaired) electrons. The average Bonchev–Trinajstić information content (AvgIpc) is 3.25. The number of thioether (sulfide) groups is 1. The maximum Gasteiger partial charge on any atom is 0.344 e. The van der Waals surface area contributed by atoms with E-state index in [-0.39, 0.29) is 11.8 Å². The zero-order chi connectivity index (χ0) is 17.2. The summed E-state index contributed by atoms with van der Waals surface area (Å²) in [5, 5.41) is 8.83. The maximum absolute atomic E-state index is 12.0. The molecule has 6 nitrogen and oxygen atoms in total. The van der Waals surface area contributed by atoms with Crippen molar-refractivity contribution in [1.29, 1.82) is 0 Å². The number of aromatic amines is 1. The van der Waals surface area contributed by atoms with Gasteiger partial charge in [0.1, 0.15) is 5.15 Å². The van der Waals surface area contributed by atoms with E-state index in [1.54, 1.807) is 4.57 Å². The first-order chi connectivity index (χ1) is 12.2. The molecule has 3 heterocycles. The number of ether oxygens (including phenoxy) is 1. The van der Waals surface area contributed by atoms with E-state index in [2.05, 4.69) is 15.2 Å². The van der Waals surface area contributed by atoms with E-state index in [4.69, 9.17) is 16.3 Å². The molecule has 1 fully saturated rings. The van der Waals surface area contributed by atoms with Crippen LogP contribution in [0.15, 0.2) is 40.3 Å². The van der Waals surface area contributed by atoms with E-state index >= 15 is 0 Å². The molecule has 0 saturated carbocycles. The second-order valence-electron chi connectivity index (χ2n) is 5.98. The highest BCUT2D eigenvalue weighted by Gasteiger charge is 2.20. The number of para-hydroxylation sites is 1. The number of aromatic nitrogens is 4. The van der Waals surface area contributed by atoms with Gasteiger partial charge in [0.25, 0.3) is 0 Å². The molecule has 8 heteroatoms. The number of fused-ring (bicyclic) bond motifs is 1. The zero-order valence-electron chi connectivity index (χ0n) is 13.4. The summed E-state index contributed by atoms with van der Waals surface area (Å²) in [7, 11) is 0. The molecule has 1 atom stereocenters. The summed E-state index contributed by atoms with van der Waals surface area (Å²) in [6.07, 6.45) is 2.10. The summed E-state index contributed by atoms with van der Waals surface area (Å²) in [6.45, 7) is 1.29. The van der Waals surface area contributed by atoms with E-state index in [9.17, 15) is 4.79 Å². The van der Waals surface area contributed by atoms with Crippen molar-refractivity contribution in [2.75, 3.05) is 6.61 Å². The molecule has 1 aliphatic heterocycles. The smallest absolute Gasteiger partial charge is 0.344 e. The van der Waals surface area contributed by atoms with Gasteiger partial charge in [-0.3, -0.25) is 4.57 Å². The Kier molecular flexibility index (Phi) is 4.78. The molecule has 0 spiro atoms. The van der Waals surface area contributed by atoms with E-state index in [0.29, 0.717) is 22.6 Å². The van der Waals surface area contributed by atoms with Gasteiger partial charge in [-0.1, -0.05) is 41.6 Å². The number of hydrogen-bond acceptors (Lipinski definition) is 5. The Morgan fingerprint density at radius 3 is 3.12 bits per heavy atom. The minimum absolute atomic E-state index is 0.0839. The summed E-state index contributed by atoms with van der Waals surface area (Å²) < 4.78 is 7.27. The van der Waals surface area contributed by atoms with Gasteiger partial charge in [0.2, 0.25) is 0 Å². The predicted molar refractivity (Wildman–Crippen MR) is 98.1 cm³/mol. The fourth-order valence-corrected chi connectivity index (χ4v) is 4.17. The molecular formula is C17H17ClN4O2S. The summed E-state index contributed by atoms with van der Waals surface area (Å²) in [4.78, 5) is 16.5. The fraction of sp³-hybridized carbons (Fsp3) is 0.353. The van der Waals surface area contributed by atoms with Gasteiger partial charge in [-0.2, -0.15) is 0 Å². The highest BCUT2D eigenvalue weighted by molar-refractivity contribution is 7.98. The number of benzene rings is 1. The number of nitrogens with zero attached hydrogens (tertiary/aromatic N) is 3. The minimum Gasteiger partial charge on any atom is -0.376 e. The van der Waals surface area contributed by atoms with Crippen molar-refractivity contribution < 1.29 is 4.74 Å². The van der Waals surface area contributed by atoms with Crippen LogP contribution in [-0.4, -0.2) is 32.5 Å². The van der Waals surface area contributed by atoms with Gasteiger partial charge >= 0.3 is 5.69 Å². The molecule has 1 N–H and O–H groups in total. The molecule has 25 heavy (non-hydrogen) atoms. The van der Waals surface area contributed by atoms with Crippen molar-refractivity contribution in [3.63, 3.8) is 0 Å². The second kappa shape index (κ2) is 7.19. The number of nitrogens with one attached hydrogen (secondary N) is 1. The standard InChI is InChI=1S/C17H17ClN4O2S/c18-15-12(8-11-4-1-2-6-14(11)19-15)10-25-17-21-20-16(23)22(17)9-13-5-3-7-24-13/h1-2,4,6,8,13H,3,5,7,9-10H2,(H,20,23)/t13-/m1/s1. The molecule has 1 aromatic carbocycles. The van der Waals surface area contributed by atoms with Crippen molar-refractivity contribution in [2.45, 2.75) is 36.4 Å². The third-order valence-corrected chi connectivity index (χ3v) is 5.59. The van der Waals surface area contributed by atoms with Crippen LogP contribution in [0.5, 0.6) is 0 Å². The van der Waals surface area contributed by atoms with Crippen LogP contribution in [0, 0.1) is 0 Å². The van der Waals surface area contributed by atoms with Crippen LogP contribution in [0.4, 0.5) is 0 Å². The molecule has 3 aromatic rings. The Balaban J connectivity index is 1.53. The minimum atomic E-state index is -0.208. The first-order valence-electron chi connectivity index (χ1n) is 8.14. The summed E-state index contributed by atoms with van der Waals surface area (Å²) >= 11 is 7.78. The third kappa shape index (κ3) is 3.58. The molecule has 2 aromatic heterocycles. The Morgan fingerprint density at radius 2 is 2.28 bits per heavy atom. The first kappa shape index (κ1) is 16.6. The SMILES string of the molecule is O=c1[nH]nc(SCc2cc3ccccc3nc2Cl)n1C[C@H]1CCCO1. The van der Waals surface area contributed by atoms with Gasteiger partial charge in [0.15, 0.2) is 5.16 Å². The largest absolute Gasteiger partial charge is 0.376 e. The maximum atomic E-state index is 12.0. The van der Waals surface area contributed by atoms with Crippen molar-refractivity contribution in [3.8, 4) is 0 Å². The number of H-pyrrole nitrogens is 1. The highest BCUT2D eigenvalue weighted by atomic mass is 35.5. The molecular weight excluding hydrogens is 360 g/mol. The van der Waals surface area contributed by atoms with E-state index < -0.39 is 0 Å². The van der Waals surface area contributed by atoms with Crippen molar-refractivity contribution >= 4 is 34.3 Å². The van der Waals surface area contributed by atoms with Crippen molar-refractivity contribution in [2.24, 2.45) is 0 Å². The van der Waals surface area contributed by atoms with Gasteiger partial charge in [0, 0.05) is 23.3 Å². The number of halogens is 1. The molecule has 0 unspecified atom stereocenters. The van der Waals surface area contributed by atoms with Crippen LogP contribution in [0.3, 0.4) is 0 Å². The Labute approximate surface area is 153 Å². The number of pyridine rings is 1. The van der Waals surface area contributed by atoms with Crippen LogP contribution < -0.4 is 5.69 Å². The van der Waals surface area contributed by atoms with Gasteiger partial charge in [-0.25, -0.2) is 14.9 Å². The van der Waals surface area contributed by atoms with E-state index in [0.717, 1.165) is 35.9 Å². The Hall–Kier alpha value is -1.83. The van der Waals surface area contributed by atoms with Crippen LogP contribution in [-0.2, 0) is 17.0 Å². The van der Waals surface area contributed by atoms with Gasteiger partial charge in [-0.15, -0.1) is 5.10 Å². The lowest BCUT2D eigenvalue weighted by atomic mass is 10.2. The Morgan fingerprint density at radius 1 is 1.40 bits per heavy atom. The van der Waals surface area contributed by atoms with E-state index in [1.807, 2.05) is 30.3 Å². The summed E-state index contributed by atoms with van der Waals surface area (Å²) in [6, 6.07) is 9.89. The van der Waals surface area contributed by atoms with Gasteiger partial charge in [-0.05, 0) is 25.0 Å². The van der Waals surface area contributed by atoms with Crippen LogP contribution in [0.2, 0.25) is 5.15 Å². The van der Waals surface area contributed by atoms with Crippen molar-refractivity contribution in [3.05, 3.63) is 51.5 Å². The lowest BCUT2D eigenvalue weighted by Gasteiger charge is -2.11. The van der Waals surface area contributed by atoms with Crippen LogP contribution in [0.25, 0.3) is 10.9 Å². The summed E-state index contributed by atoms with van der Waals surface area (Å²) in [5.41, 5.74) is 1.58. The molecule has 0 aliphatic carbocycles. The van der Waals surface area contributed by atoms with Crippen LogP contribution >= 0.6 is 23.4 Å². The number of rotatable bonds is 5. The molecule has 1 saturated heterocycles. The van der Waals surface area contributed by atoms with E-state index in [1.165, 1.54) is 11.8 Å². The zero-order valence-corrected chi connectivity index (χ0v) is 15.0. The summed E-state index contributed by atoms with van der Waals surface area (Å²) in [5.74, 6) is 0.590. The normalized spacial score (nSPS) is 17.4. The molecule has 0 amide bonds. The van der Waals surface area contributed by atoms with Gasteiger partial charge < -0.3 is 4.74 Å². The van der Waals surface area contributed by atoms with Crippen molar-refractivity contribution in [1.82, 2.24) is 19.7 Å². The quantitative estimate of drug-likeness (QED) is 0.546. The van der Waals surface area contributed by atoms with Crippen LogP contribution in [0.1, 0.15) is 18.4 Å².